The minimum Gasteiger partial charge on any atom is -0.456 e. The third-order valence-corrected chi connectivity index (χ3v) is 7.96. The molecule has 2 heterocycles. The number of fused-ring (bicyclic) bond motifs is 5. The van der Waals surface area contributed by atoms with E-state index in [-0.39, 0.29) is 5.97 Å². The van der Waals surface area contributed by atoms with Gasteiger partial charge < -0.3 is 19.7 Å². The predicted molar refractivity (Wildman–Crippen MR) is 153 cm³/mol. The molecular formula is C33H34N2O3. The first-order valence-electron chi connectivity index (χ1n) is 13.5. The van der Waals surface area contributed by atoms with Gasteiger partial charge in [0.15, 0.2) is 5.60 Å². The molecule has 1 atom stereocenters. The quantitative estimate of drug-likeness (QED) is 0.359. The second kappa shape index (κ2) is 9.09. The van der Waals surface area contributed by atoms with Crippen molar-refractivity contribution in [1.29, 1.82) is 0 Å². The molecule has 0 bridgehead atoms. The summed E-state index contributed by atoms with van der Waals surface area (Å²) < 4.78 is 13.0. The van der Waals surface area contributed by atoms with Gasteiger partial charge in [-0.05, 0) is 106 Å². The number of carbonyl (C=O) groups is 1. The number of nitrogens with zero attached hydrogens (tertiary/aromatic N) is 1. The van der Waals surface area contributed by atoms with Crippen LogP contribution in [-0.4, -0.2) is 19.1 Å². The van der Waals surface area contributed by atoms with Crippen molar-refractivity contribution < 1.29 is 14.3 Å². The molecule has 3 aromatic rings. The number of carbonyl (C=O) groups excluding carboxylic acids is 1. The number of aryl methyl sites for hydroxylation is 3. The Hall–Kier alpha value is -3.99. The fourth-order valence-corrected chi connectivity index (χ4v) is 6.23. The molecule has 1 spiro atoms. The van der Waals surface area contributed by atoms with Crippen molar-refractivity contribution in [3.8, 4) is 11.5 Å². The highest BCUT2D eigenvalue weighted by atomic mass is 16.6. The molecule has 1 N–H and O–H groups in total. The summed E-state index contributed by atoms with van der Waals surface area (Å²) in [4.78, 5) is 15.6. The van der Waals surface area contributed by atoms with Gasteiger partial charge in [0.1, 0.15) is 11.5 Å². The third kappa shape index (κ3) is 3.72. The molecule has 0 saturated heterocycles. The van der Waals surface area contributed by atoms with E-state index in [2.05, 4.69) is 99.4 Å². The van der Waals surface area contributed by atoms with Gasteiger partial charge in [0.2, 0.25) is 0 Å². The van der Waals surface area contributed by atoms with Crippen LogP contribution in [0.3, 0.4) is 0 Å². The molecule has 1 unspecified atom stereocenters. The zero-order valence-electron chi connectivity index (χ0n) is 22.8. The van der Waals surface area contributed by atoms with E-state index in [4.69, 9.17) is 9.47 Å². The van der Waals surface area contributed by atoms with Gasteiger partial charge >= 0.3 is 5.97 Å². The first kappa shape index (κ1) is 24.4. The molecule has 0 fully saturated rings. The van der Waals surface area contributed by atoms with Gasteiger partial charge in [-0.3, -0.25) is 0 Å². The normalized spacial score (nSPS) is 19.0. The molecule has 0 radical (unpaired) electrons. The van der Waals surface area contributed by atoms with Gasteiger partial charge in [-0.25, -0.2) is 4.79 Å². The van der Waals surface area contributed by atoms with Crippen molar-refractivity contribution in [2.24, 2.45) is 0 Å². The summed E-state index contributed by atoms with van der Waals surface area (Å²) in [7, 11) is 0. The Kier molecular flexibility index (Phi) is 5.82. The second-order valence-corrected chi connectivity index (χ2v) is 10.5. The summed E-state index contributed by atoms with van der Waals surface area (Å²) in [6.07, 6.45) is 5.63. The van der Waals surface area contributed by atoms with E-state index in [1.807, 2.05) is 6.08 Å². The van der Waals surface area contributed by atoms with Crippen molar-refractivity contribution in [2.45, 2.75) is 53.1 Å². The second-order valence-electron chi connectivity index (χ2n) is 10.5. The van der Waals surface area contributed by atoms with Gasteiger partial charge in [-0.2, -0.15) is 0 Å². The van der Waals surface area contributed by atoms with Gasteiger partial charge in [-0.15, -0.1) is 0 Å². The fourth-order valence-electron chi connectivity index (χ4n) is 6.23. The van der Waals surface area contributed by atoms with E-state index in [1.54, 1.807) is 0 Å². The van der Waals surface area contributed by atoms with Gasteiger partial charge in [0, 0.05) is 47.3 Å². The maximum atomic E-state index is 13.3. The number of allylic oxidation sites excluding steroid dienone is 1. The summed E-state index contributed by atoms with van der Waals surface area (Å²) in [6.45, 7) is 12.4. The number of benzene rings is 3. The van der Waals surface area contributed by atoms with Crippen LogP contribution < -0.4 is 15.0 Å². The maximum absolute atomic E-state index is 13.3. The average Bonchev–Trinajstić information content (AvgIpc) is 3.18. The third-order valence-electron chi connectivity index (χ3n) is 7.96. The highest BCUT2D eigenvalue weighted by Crippen LogP contribution is 2.59. The molecule has 3 aromatic carbocycles. The lowest BCUT2D eigenvalue weighted by molar-refractivity contribution is -0.145. The Morgan fingerprint density at radius 1 is 0.921 bits per heavy atom. The molecule has 194 valence electrons. The summed E-state index contributed by atoms with van der Waals surface area (Å²) in [5.41, 5.74) is 9.00. The molecule has 2 aliphatic heterocycles. The molecule has 1 aliphatic carbocycles. The lowest BCUT2D eigenvalue weighted by Gasteiger charge is -2.39. The van der Waals surface area contributed by atoms with Gasteiger partial charge in [-0.1, -0.05) is 18.2 Å². The molecule has 0 saturated carbocycles. The van der Waals surface area contributed by atoms with Gasteiger partial charge in [0.05, 0.1) is 5.57 Å². The molecular weight excluding hydrogens is 472 g/mol. The number of anilines is 3. The molecule has 0 amide bonds. The average molecular weight is 507 g/mol. The largest absolute Gasteiger partial charge is 0.456 e. The Labute approximate surface area is 224 Å². The highest BCUT2D eigenvalue weighted by Gasteiger charge is 2.54. The lowest BCUT2D eigenvalue weighted by atomic mass is 9.74. The van der Waals surface area contributed by atoms with Crippen molar-refractivity contribution in [3.05, 3.63) is 99.6 Å². The molecule has 5 nitrogen and oxygen atoms in total. The molecule has 6 rings (SSSR count). The summed E-state index contributed by atoms with van der Waals surface area (Å²) in [5, 5.41) is 3.62. The van der Waals surface area contributed by atoms with E-state index in [9.17, 15) is 4.79 Å². The van der Waals surface area contributed by atoms with Crippen molar-refractivity contribution in [2.75, 3.05) is 23.3 Å². The zero-order chi connectivity index (χ0) is 26.6. The lowest BCUT2D eigenvalue weighted by Crippen LogP contribution is -2.35. The maximum Gasteiger partial charge on any atom is 0.339 e. The Morgan fingerprint density at radius 3 is 2.39 bits per heavy atom. The van der Waals surface area contributed by atoms with E-state index >= 15 is 0 Å². The summed E-state index contributed by atoms with van der Waals surface area (Å²) >= 11 is 0. The van der Waals surface area contributed by atoms with E-state index in [0.717, 1.165) is 76.8 Å². The minimum atomic E-state index is -1.01. The Bertz CT molecular complexity index is 1510. The number of ether oxygens (including phenoxy) is 2. The van der Waals surface area contributed by atoms with Crippen molar-refractivity contribution >= 4 is 23.0 Å². The van der Waals surface area contributed by atoms with E-state index < -0.39 is 5.60 Å². The van der Waals surface area contributed by atoms with Crippen LogP contribution in [0.25, 0.3) is 0 Å². The van der Waals surface area contributed by atoms with E-state index in [1.165, 1.54) is 11.1 Å². The number of hydrogen-bond acceptors (Lipinski definition) is 5. The topological polar surface area (TPSA) is 50.8 Å². The number of hydrogen-bond donors (Lipinski definition) is 1. The SMILES string of the molecule is CCN(CC)c1ccc2c(c1)Oc1cc(C)c(Nc3cc(C)cc(C)c3)cc1C21OC(=O)C2=C1CCC=C2. The number of rotatable bonds is 5. The first-order chi connectivity index (χ1) is 18.3. The van der Waals surface area contributed by atoms with Crippen molar-refractivity contribution in [1.82, 2.24) is 0 Å². The highest BCUT2D eigenvalue weighted by molar-refractivity contribution is 5.98. The van der Waals surface area contributed by atoms with Crippen LogP contribution in [0.4, 0.5) is 17.1 Å². The van der Waals surface area contributed by atoms with Crippen LogP contribution in [0.2, 0.25) is 0 Å². The summed E-state index contributed by atoms with van der Waals surface area (Å²) in [6, 6.07) is 16.9. The van der Waals surface area contributed by atoms with Crippen LogP contribution in [0.1, 0.15) is 54.5 Å². The van der Waals surface area contributed by atoms with Crippen molar-refractivity contribution in [3.63, 3.8) is 0 Å². The number of nitrogens with one attached hydrogen (secondary N) is 1. The molecule has 5 heteroatoms. The Morgan fingerprint density at radius 2 is 1.66 bits per heavy atom. The van der Waals surface area contributed by atoms with Crippen LogP contribution in [-0.2, 0) is 15.1 Å². The molecule has 3 aliphatic rings. The summed E-state index contributed by atoms with van der Waals surface area (Å²) in [5.74, 6) is 1.20. The van der Waals surface area contributed by atoms with Gasteiger partial charge in [0.25, 0.3) is 0 Å². The smallest absolute Gasteiger partial charge is 0.339 e. The van der Waals surface area contributed by atoms with E-state index in [0.29, 0.717) is 5.57 Å². The fraction of sp³-hybridized carbons (Fsp3) is 0.303. The standard InChI is InChI=1S/C33H34N2O3/c1-6-35(7-2)24-12-13-27-31(18-24)37-30-17-22(5)29(34-23-15-20(3)14-21(4)16-23)19-28(30)33(27)26-11-9-8-10-25(26)32(36)38-33/h8,10,12-19,34H,6-7,9,11H2,1-5H3. The molecule has 38 heavy (non-hydrogen) atoms. The zero-order valence-corrected chi connectivity index (χ0v) is 22.8. The Balaban J connectivity index is 1.55. The molecule has 0 aromatic heterocycles. The van der Waals surface area contributed by atoms with Crippen LogP contribution in [0.5, 0.6) is 11.5 Å². The van der Waals surface area contributed by atoms with Crippen LogP contribution in [0, 0.1) is 20.8 Å². The first-order valence-corrected chi connectivity index (χ1v) is 13.5. The monoisotopic (exact) mass is 506 g/mol. The number of esters is 1. The van der Waals surface area contributed by atoms with Crippen LogP contribution >= 0.6 is 0 Å². The van der Waals surface area contributed by atoms with Crippen LogP contribution in [0.15, 0.2) is 71.8 Å². The predicted octanol–water partition coefficient (Wildman–Crippen LogP) is 7.75. The minimum absolute atomic E-state index is 0.271.